The second-order valence-electron chi connectivity index (χ2n) is 5.58. The van der Waals surface area contributed by atoms with E-state index >= 15 is 0 Å². The summed E-state index contributed by atoms with van der Waals surface area (Å²) in [6.07, 6.45) is 1.97. The van der Waals surface area contributed by atoms with Crippen LogP contribution in [0.5, 0.6) is 0 Å². The summed E-state index contributed by atoms with van der Waals surface area (Å²) in [5.74, 6) is 1.45. The van der Waals surface area contributed by atoms with Crippen molar-refractivity contribution in [1.82, 2.24) is 15.5 Å². The summed E-state index contributed by atoms with van der Waals surface area (Å²) < 4.78 is 5.45. The lowest BCUT2D eigenvalue weighted by molar-refractivity contribution is -0.119. The lowest BCUT2D eigenvalue weighted by Gasteiger charge is -2.14. The molecule has 0 aliphatic heterocycles. The van der Waals surface area contributed by atoms with Crippen LogP contribution in [0.25, 0.3) is 10.8 Å². The van der Waals surface area contributed by atoms with Crippen LogP contribution in [0.4, 0.5) is 0 Å². The number of carbonyl (C=O) groups excluding carboxylic acids is 1. The number of amides is 1. The van der Waals surface area contributed by atoms with Crippen molar-refractivity contribution < 1.29 is 9.21 Å². The van der Waals surface area contributed by atoms with Crippen molar-refractivity contribution in [2.75, 3.05) is 12.0 Å². The molecule has 0 radical (unpaired) electrons. The first-order chi connectivity index (χ1) is 12.2. The number of nitrogens with one attached hydrogen (secondary N) is 1. The molecule has 0 spiro atoms. The molecule has 3 rings (SSSR count). The van der Waals surface area contributed by atoms with Crippen molar-refractivity contribution in [2.24, 2.45) is 0 Å². The normalized spacial score (nSPS) is 12.2. The largest absolute Gasteiger partial charge is 0.415 e. The summed E-state index contributed by atoms with van der Waals surface area (Å²) in [5, 5.41) is 13.7. The third-order valence-corrected chi connectivity index (χ3v) is 5.05. The number of benzene rings is 2. The minimum Gasteiger partial charge on any atom is -0.415 e. The highest BCUT2D eigenvalue weighted by Gasteiger charge is 2.13. The number of nitrogens with zero attached hydrogens (tertiary/aromatic N) is 2. The maximum Gasteiger partial charge on any atom is 0.277 e. The summed E-state index contributed by atoms with van der Waals surface area (Å²) in [7, 11) is 0. The smallest absolute Gasteiger partial charge is 0.277 e. The molecular formula is C18H19N3O2S2. The highest BCUT2D eigenvalue weighted by molar-refractivity contribution is 7.99. The van der Waals surface area contributed by atoms with Crippen LogP contribution < -0.4 is 5.32 Å². The monoisotopic (exact) mass is 373 g/mol. The fraction of sp³-hybridized carbons (Fsp3) is 0.278. The van der Waals surface area contributed by atoms with Gasteiger partial charge in [0.15, 0.2) is 0 Å². The summed E-state index contributed by atoms with van der Waals surface area (Å²) in [6, 6.07) is 14.4. The van der Waals surface area contributed by atoms with Gasteiger partial charge in [0.1, 0.15) is 0 Å². The minimum atomic E-state index is -0.0626. The Morgan fingerprint density at radius 1 is 1.20 bits per heavy atom. The maximum atomic E-state index is 12.2. The van der Waals surface area contributed by atoms with E-state index in [9.17, 15) is 4.79 Å². The maximum absolute atomic E-state index is 12.2. The molecule has 25 heavy (non-hydrogen) atoms. The lowest BCUT2D eigenvalue weighted by Crippen LogP contribution is -2.28. The van der Waals surface area contributed by atoms with E-state index in [2.05, 4.69) is 39.8 Å². The number of thioether (sulfide) groups is 2. The molecule has 0 saturated carbocycles. The second-order valence-corrected chi connectivity index (χ2v) is 7.37. The third-order valence-electron chi connectivity index (χ3n) is 3.69. The number of hydrogen-bond acceptors (Lipinski definition) is 6. The summed E-state index contributed by atoms with van der Waals surface area (Å²) in [6.45, 7) is 1.98. The molecule has 1 aromatic heterocycles. The molecule has 0 saturated heterocycles. The minimum absolute atomic E-state index is 0.0599. The van der Waals surface area contributed by atoms with Gasteiger partial charge < -0.3 is 9.73 Å². The predicted molar refractivity (Wildman–Crippen MR) is 103 cm³/mol. The number of aromatic nitrogens is 2. The molecule has 2 aromatic carbocycles. The first-order valence-electron chi connectivity index (χ1n) is 7.88. The average Bonchev–Trinajstić information content (AvgIpc) is 3.07. The first kappa shape index (κ1) is 17.8. The van der Waals surface area contributed by atoms with Crippen molar-refractivity contribution in [1.29, 1.82) is 0 Å². The van der Waals surface area contributed by atoms with Crippen LogP contribution in [0, 0.1) is 0 Å². The van der Waals surface area contributed by atoms with Gasteiger partial charge in [-0.05, 0) is 35.6 Å². The Balaban J connectivity index is 1.55. The Bertz CT molecular complexity index is 866. The average molecular weight is 374 g/mol. The molecule has 0 fully saturated rings. The molecule has 7 heteroatoms. The van der Waals surface area contributed by atoms with Gasteiger partial charge in [-0.15, -0.1) is 10.2 Å². The fourth-order valence-corrected chi connectivity index (χ4v) is 3.40. The van der Waals surface area contributed by atoms with E-state index in [1.54, 1.807) is 11.8 Å². The van der Waals surface area contributed by atoms with E-state index in [4.69, 9.17) is 4.42 Å². The van der Waals surface area contributed by atoms with Crippen molar-refractivity contribution in [2.45, 2.75) is 23.9 Å². The van der Waals surface area contributed by atoms with Gasteiger partial charge in [0, 0.05) is 0 Å². The van der Waals surface area contributed by atoms with Gasteiger partial charge in [-0.1, -0.05) is 48.2 Å². The van der Waals surface area contributed by atoms with Crippen LogP contribution in [0.1, 0.15) is 24.4 Å². The van der Waals surface area contributed by atoms with E-state index in [-0.39, 0.29) is 17.7 Å². The molecule has 0 aliphatic carbocycles. The van der Waals surface area contributed by atoms with Gasteiger partial charge >= 0.3 is 0 Å². The molecule has 1 unspecified atom stereocenters. The number of hydrogen-bond donors (Lipinski definition) is 1. The van der Waals surface area contributed by atoms with Gasteiger partial charge in [0.25, 0.3) is 5.22 Å². The van der Waals surface area contributed by atoms with Crippen molar-refractivity contribution >= 4 is 40.2 Å². The molecule has 1 N–H and O–H groups in total. The first-order valence-corrected chi connectivity index (χ1v) is 10.3. The van der Waals surface area contributed by atoms with Gasteiger partial charge in [0.05, 0.1) is 17.5 Å². The van der Waals surface area contributed by atoms with Crippen molar-refractivity contribution in [3.63, 3.8) is 0 Å². The zero-order valence-corrected chi connectivity index (χ0v) is 15.7. The molecule has 0 bridgehead atoms. The molecule has 1 atom stereocenters. The Kier molecular flexibility index (Phi) is 5.99. The zero-order valence-electron chi connectivity index (χ0n) is 14.1. The van der Waals surface area contributed by atoms with E-state index in [0.29, 0.717) is 16.9 Å². The van der Waals surface area contributed by atoms with Crippen LogP contribution in [0.3, 0.4) is 0 Å². The fourth-order valence-electron chi connectivity index (χ4n) is 2.45. The van der Waals surface area contributed by atoms with Crippen LogP contribution in [-0.4, -0.2) is 28.1 Å². The SMILES string of the molecule is CSCc1nnc(SCC(=O)NC(C)c2ccc3ccccc3c2)o1. The van der Waals surface area contributed by atoms with E-state index in [1.807, 2.05) is 31.4 Å². The molecule has 1 heterocycles. The second kappa shape index (κ2) is 8.40. The van der Waals surface area contributed by atoms with Gasteiger partial charge in [-0.2, -0.15) is 11.8 Å². The van der Waals surface area contributed by atoms with Crippen LogP contribution >= 0.6 is 23.5 Å². The topological polar surface area (TPSA) is 68.0 Å². The van der Waals surface area contributed by atoms with Crippen molar-refractivity contribution in [3.8, 4) is 0 Å². The Morgan fingerprint density at radius 2 is 2.00 bits per heavy atom. The highest BCUT2D eigenvalue weighted by atomic mass is 32.2. The summed E-state index contributed by atoms with van der Waals surface area (Å²) in [4.78, 5) is 12.2. The number of rotatable bonds is 7. The molecule has 0 aliphatic rings. The molecular weight excluding hydrogens is 354 g/mol. The van der Waals surface area contributed by atoms with E-state index < -0.39 is 0 Å². The molecule has 1 amide bonds. The summed E-state index contributed by atoms with van der Waals surface area (Å²) >= 11 is 2.87. The molecule has 130 valence electrons. The highest BCUT2D eigenvalue weighted by Crippen LogP contribution is 2.21. The van der Waals surface area contributed by atoms with E-state index in [0.717, 1.165) is 5.56 Å². The third kappa shape index (κ3) is 4.76. The quantitative estimate of drug-likeness (QED) is 0.630. The molecule has 3 aromatic rings. The van der Waals surface area contributed by atoms with Crippen LogP contribution in [-0.2, 0) is 10.5 Å². The van der Waals surface area contributed by atoms with Gasteiger partial charge in [0.2, 0.25) is 11.8 Å². The lowest BCUT2D eigenvalue weighted by atomic mass is 10.0. The summed E-state index contributed by atoms with van der Waals surface area (Å²) in [5.41, 5.74) is 1.08. The van der Waals surface area contributed by atoms with Gasteiger partial charge in [-0.3, -0.25) is 4.79 Å². The Morgan fingerprint density at radius 3 is 2.80 bits per heavy atom. The standard InChI is InChI=1S/C18H19N3O2S2/c1-12(14-8-7-13-5-3-4-6-15(13)9-14)19-16(22)10-25-18-21-20-17(23-18)11-24-2/h3-9,12H,10-11H2,1-2H3,(H,19,22). The number of fused-ring (bicyclic) bond motifs is 1. The van der Waals surface area contributed by atoms with Crippen LogP contribution in [0.15, 0.2) is 52.1 Å². The Labute approximate surface area is 155 Å². The predicted octanol–water partition coefficient (Wildman–Crippen LogP) is 4.06. The molecule has 5 nitrogen and oxygen atoms in total. The van der Waals surface area contributed by atoms with E-state index in [1.165, 1.54) is 22.5 Å². The zero-order chi connectivity index (χ0) is 17.6. The van der Waals surface area contributed by atoms with Crippen molar-refractivity contribution in [3.05, 3.63) is 53.9 Å². The van der Waals surface area contributed by atoms with Gasteiger partial charge in [-0.25, -0.2) is 0 Å². The van der Waals surface area contributed by atoms with Crippen LogP contribution in [0.2, 0.25) is 0 Å². The number of carbonyl (C=O) groups is 1. The Hall–Kier alpha value is -1.99.